The fourth-order valence-electron chi connectivity index (χ4n) is 3.38. The second-order valence-electron chi connectivity index (χ2n) is 6.04. The Labute approximate surface area is 131 Å². The van der Waals surface area contributed by atoms with E-state index in [1.54, 1.807) is 0 Å². The second-order valence-corrected chi connectivity index (χ2v) is 6.04. The van der Waals surface area contributed by atoms with Crippen LogP contribution in [-0.4, -0.2) is 23.9 Å². The van der Waals surface area contributed by atoms with Gasteiger partial charge in [-0.3, -0.25) is 9.69 Å². The van der Waals surface area contributed by atoms with Crippen LogP contribution >= 0.6 is 0 Å². The number of nitrogens with two attached hydrogens (primary N) is 1. The number of piperidine rings is 1. The number of benzene rings is 2. The molecule has 114 valence electrons. The van der Waals surface area contributed by atoms with Gasteiger partial charge in [-0.05, 0) is 24.1 Å². The third kappa shape index (κ3) is 3.37. The van der Waals surface area contributed by atoms with Gasteiger partial charge in [0.2, 0.25) is 5.91 Å². The summed E-state index contributed by atoms with van der Waals surface area (Å²) in [4.78, 5) is 14.2. The van der Waals surface area contributed by atoms with Crippen LogP contribution in [0.4, 0.5) is 0 Å². The lowest BCUT2D eigenvalue weighted by atomic mass is 9.80. The van der Waals surface area contributed by atoms with Crippen molar-refractivity contribution >= 4 is 5.91 Å². The Hall–Kier alpha value is -2.13. The van der Waals surface area contributed by atoms with E-state index in [4.69, 9.17) is 5.73 Å². The third-order valence-electron chi connectivity index (χ3n) is 4.54. The first-order valence-electron chi connectivity index (χ1n) is 7.84. The van der Waals surface area contributed by atoms with Crippen molar-refractivity contribution in [2.45, 2.75) is 18.9 Å². The minimum Gasteiger partial charge on any atom is -0.369 e. The van der Waals surface area contributed by atoms with Crippen molar-refractivity contribution in [3.8, 4) is 0 Å². The van der Waals surface area contributed by atoms with Crippen LogP contribution in [0.25, 0.3) is 0 Å². The highest BCUT2D eigenvalue weighted by molar-refractivity contribution is 5.78. The highest BCUT2D eigenvalue weighted by Crippen LogP contribution is 2.32. The maximum Gasteiger partial charge on any atom is 0.221 e. The van der Waals surface area contributed by atoms with E-state index in [0.29, 0.717) is 0 Å². The molecule has 0 aromatic heterocycles. The van der Waals surface area contributed by atoms with Crippen molar-refractivity contribution in [2.24, 2.45) is 11.7 Å². The molecule has 2 aromatic rings. The number of hydrogen-bond donors (Lipinski definition) is 1. The first kappa shape index (κ1) is 14.8. The summed E-state index contributed by atoms with van der Waals surface area (Å²) in [5.41, 5.74) is 8.16. The van der Waals surface area contributed by atoms with Crippen LogP contribution in [0.2, 0.25) is 0 Å². The van der Waals surface area contributed by atoms with E-state index in [1.807, 2.05) is 24.3 Å². The lowest BCUT2D eigenvalue weighted by Crippen LogP contribution is -2.43. The van der Waals surface area contributed by atoms with Crippen molar-refractivity contribution < 1.29 is 4.79 Å². The van der Waals surface area contributed by atoms with E-state index in [0.717, 1.165) is 26.1 Å². The zero-order valence-electron chi connectivity index (χ0n) is 12.7. The normalized spacial score (nSPS) is 22.4. The molecule has 2 N–H and O–H groups in total. The predicted octanol–water partition coefficient (Wildman–Crippen LogP) is 2.78. The maximum atomic E-state index is 11.8. The first-order valence-corrected chi connectivity index (χ1v) is 7.84. The molecule has 1 fully saturated rings. The topological polar surface area (TPSA) is 46.3 Å². The second kappa shape index (κ2) is 6.75. The smallest absolute Gasteiger partial charge is 0.221 e. The zero-order valence-corrected chi connectivity index (χ0v) is 12.7. The lowest BCUT2D eigenvalue weighted by molar-refractivity contribution is -0.124. The van der Waals surface area contributed by atoms with Crippen molar-refractivity contribution in [3.63, 3.8) is 0 Å². The summed E-state index contributed by atoms with van der Waals surface area (Å²) in [6.45, 7) is 2.73. The molecule has 1 heterocycles. The summed E-state index contributed by atoms with van der Waals surface area (Å²) >= 11 is 0. The molecule has 0 aliphatic carbocycles. The van der Waals surface area contributed by atoms with E-state index in [1.165, 1.54) is 11.1 Å². The Morgan fingerprint density at radius 1 is 1.05 bits per heavy atom. The van der Waals surface area contributed by atoms with Crippen LogP contribution in [0.1, 0.15) is 23.5 Å². The van der Waals surface area contributed by atoms with Crippen molar-refractivity contribution in [2.75, 3.05) is 13.1 Å². The van der Waals surface area contributed by atoms with Gasteiger partial charge in [-0.15, -0.1) is 0 Å². The number of hydrogen-bond acceptors (Lipinski definition) is 2. The fourth-order valence-corrected chi connectivity index (χ4v) is 3.38. The van der Waals surface area contributed by atoms with E-state index >= 15 is 0 Å². The van der Waals surface area contributed by atoms with Crippen LogP contribution in [0, 0.1) is 5.92 Å². The third-order valence-corrected chi connectivity index (χ3v) is 4.54. The highest BCUT2D eigenvalue weighted by Gasteiger charge is 2.33. The number of nitrogens with zero attached hydrogens (tertiary/aromatic N) is 1. The van der Waals surface area contributed by atoms with Crippen molar-refractivity contribution in [3.05, 3.63) is 71.8 Å². The minimum absolute atomic E-state index is 0.0607. The molecule has 3 nitrogen and oxygen atoms in total. The van der Waals surface area contributed by atoms with Gasteiger partial charge >= 0.3 is 0 Å². The van der Waals surface area contributed by atoms with E-state index in [9.17, 15) is 4.79 Å². The molecule has 3 rings (SSSR count). The van der Waals surface area contributed by atoms with Gasteiger partial charge in [0.1, 0.15) is 0 Å². The standard InChI is InChI=1S/C19H22N2O/c20-19(22)17-11-12-21(13-15-7-3-1-4-8-15)14-18(17)16-9-5-2-6-10-16/h1-10,17-18H,11-14H2,(H2,20,22)/t17-,18-/m0/s1. The summed E-state index contributed by atoms with van der Waals surface area (Å²) in [6.07, 6.45) is 0.835. The molecular formula is C19H22N2O. The molecule has 1 amide bonds. The predicted molar refractivity (Wildman–Crippen MR) is 88.2 cm³/mol. The van der Waals surface area contributed by atoms with Gasteiger partial charge in [0.25, 0.3) is 0 Å². The van der Waals surface area contributed by atoms with Gasteiger partial charge in [0.15, 0.2) is 0 Å². The Bertz CT molecular complexity index is 612. The van der Waals surface area contributed by atoms with Gasteiger partial charge in [-0.1, -0.05) is 60.7 Å². The Balaban J connectivity index is 1.77. The SMILES string of the molecule is NC(=O)[C@H]1CCN(Cc2ccccc2)C[C@H]1c1ccccc1. The summed E-state index contributed by atoms with van der Waals surface area (Å²) in [6, 6.07) is 20.8. The van der Waals surface area contributed by atoms with Gasteiger partial charge in [0.05, 0.1) is 0 Å². The molecule has 22 heavy (non-hydrogen) atoms. The lowest BCUT2D eigenvalue weighted by Gasteiger charge is -2.37. The highest BCUT2D eigenvalue weighted by atomic mass is 16.1. The van der Waals surface area contributed by atoms with Crippen molar-refractivity contribution in [1.82, 2.24) is 4.90 Å². The van der Waals surface area contributed by atoms with Crippen LogP contribution in [0.15, 0.2) is 60.7 Å². The summed E-state index contributed by atoms with van der Waals surface area (Å²) in [5.74, 6) is -0.0428. The van der Waals surface area contributed by atoms with Crippen LogP contribution < -0.4 is 5.73 Å². The van der Waals surface area contributed by atoms with Gasteiger partial charge in [0, 0.05) is 24.9 Å². The number of rotatable bonds is 4. The van der Waals surface area contributed by atoms with E-state index < -0.39 is 0 Å². The van der Waals surface area contributed by atoms with Gasteiger partial charge in [-0.25, -0.2) is 0 Å². The largest absolute Gasteiger partial charge is 0.369 e. The summed E-state index contributed by atoms with van der Waals surface area (Å²) in [5, 5.41) is 0. The van der Waals surface area contributed by atoms with Crippen LogP contribution in [0.3, 0.4) is 0 Å². The fraction of sp³-hybridized carbons (Fsp3) is 0.316. The maximum absolute atomic E-state index is 11.8. The minimum atomic E-state index is -0.173. The molecule has 2 atom stereocenters. The molecule has 0 radical (unpaired) electrons. The average molecular weight is 294 g/mol. The number of likely N-dealkylation sites (tertiary alicyclic amines) is 1. The van der Waals surface area contributed by atoms with Gasteiger partial charge < -0.3 is 5.73 Å². The molecule has 0 spiro atoms. The molecule has 1 aliphatic rings. The Morgan fingerprint density at radius 3 is 2.32 bits per heavy atom. The Morgan fingerprint density at radius 2 is 1.68 bits per heavy atom. The number of primary amides is 1. The quantitative estimate of drug-likeness (QED) is 0.942. The average Bonchev–Trinajstić information content (AvgIpc) is 2.56. The van der Waals surface area contributed by atoms with Gasteiger partial charge in [-0.2, -0.15) is 0 Å². The molecule has 3 heteroatoms. The van der Waals surface area contributed by atoms with Crippen LogP contribution in [0.5, 0.6) is 0 Å². The summed E-state index contributed by atoms with van der Waals surface area (Å²) in [7, 11) is 0. The molecule has 0 unspecified atom stereocenters. The molecule has 0 bridgehead atoms. The number of carbonyl (C=O) groups is 1. The zero-order chi connectivity index (χ0) is 15.4. The number of carbonyl (C=O) groups excluding carboxylic acids is 1. The first-order chi connectivity index (χ1) is 10.7. The Kier molecular flexibility index (Phi) is 4.54. The van der Waals surface area contributed by atoms with Crippen molar-refractivity contribution in [1.29, 1.82) is 0 Å². The summed E-state index contributed by atoms with van der Waals surface area (Å²) < 4.78 is 0. The number of amides is 1. The van der Waals surface area contributed by atoms with Crippen LogP contribution in [-0.2, 0) is 11.3 Å². The molecule has 1 saturated heterocycles. The molecule has 2 aromatic carbocycles. The molecule has 0 saturated carbocycles. The van der Waals surface area contributed by atoms with E-state index in [-0.39, 0.29) is 17.7 Å². The molecular weight excluding hydrogens is 272 g/mol. The van der Waals surface area contributed by atoms with E-state index in [2.05, 4.69) is 41.3 Å². The molecule has 1 aliphatic heterocycles. The monoisotopic (exact) mass is 294 g/mol.